The number of halogens is 1. The van der Waals surface area contributed by atoms with Crippen LogP contribution < -0.4 is 11.2 Å². The van der Waals surface area contributed by atoms with Crippen molar-refractivity contribution in [3.8, 4) is 11.5 Å². The van der Waals surface area contributed by atoms with Crippen LogP contribution in [0.1, 0.15) is 44.2 Å². The van der Waals surface area contributed by atoms with E-state index in [9.17, 15) is 9.59 Å². The van der Waals surface area contributed by atoms with Crippen LogP contribution in [-0.4, -0.2) is 32.2 Å². The maximum atomic E-state index is 12.6. The predicted octanol–water partition coefficient (Wildman–Crippen LogP) is 4.40. The second kappa shape index (κ2) is 9.85. The Morgan fingerprint density at radius 2 is 1.85 bits per heavy atom. The van der Waals surface area contributed by atoms with Gasteiger partial charge in [0.05, 0.1) is 23.7 Å². The molecule has 0 fully saturated rings. The molecule has 0 amide bonds. The Morgan fingerprint density at radius 1 is 1.09 bits per heavy atom. The van der Waals surface area contributed by atoms with Crippen molar-refractivity contribution in [2.75, 3.05) is 6.61 Å². The first-order chi connectivity index (χ1) is 15.9. The van der Waals surface area contributed by atoms with E-state index in [0.717, 1.165) is 23.1 Å². The predicted molar refractivity (Wildman–Crippen MR) is 130 cm³/mol. The Hall–Kier alpha value is -3.03. The van der Waals surface area contributed by atoms with E-state index < -0.39 is 11.2 Å². The molecule has 1 atom stereocenters. The highest BCUT2D eigenvalue weighted by atomic mass is 35.5. The summed E-state index contributed by atoms with van der Waals surface area (Å²) in [5.41, 5.74) is 2.59. The van der Waals surface area contributed by atoms with Gasteiger partial charge in [0.15, 0.2) is 11.5 Å². The molecule has 33 heavy (non-hydrogen) atoms. The average molecular weight is 467 g/mol. The van der Waals surface area contributed by atoms with Gasteiger partial charge in [-0.25, -0.2) is 9.78 Å². The zero-order chi connectivity index (χ0) is 23.5. The zero-order valence-electron chi connectivity index (χ0n) is 19.0. The number of ether oxygens (including phenoxy) is 1. The molecule has 0 aliphatic carbocycles. The van der Waals surface area contributed by atoms with Gasteiger partial charge in [-0.15, -0.1) is 0 Å². The van der Waals surface area contributed by atoms with Crippen LogP contribution in [0.25, 0.3) is 22.6 Å². The molecule has 0 spiro atoms. The second-order valence-electron chi connectivity index (χ2n) is 8.49. The van der Waals surface area contributed by atoms with Crippen molar-refractivity contribution in [3.05, 3.63) is 79.5 Å². The van der Waals surface area contributed by atoms with Gasteiger partial charge >= 0.3 is 5.69 Å². The molecule has 0 saturated carbocycles. The lowest BCUT2D eigenvalue weighted by atomic mass is 10.0. The van der Waals surface area contributed by atoms with Gasteiger partial charge in [0, 0.05) is 18.1 Å². The summed E-state index contributed by atoms with van der Waals surface area (Å²) in [4.78, 5) is 35.6. The molecule has 2 aliphatic rings. The molecular formula is C25H27ClN4O3. The monoisotopic (exact) mass is 466 g/mol. The molecule has 2 heterocycles. The third kappa shape index (κ3) is 5.15. The van der Waals surface area contributed by atoms with Crippen LogP contribution in [0.5, 0.6) is 0 Å². The van der Waals surface area contributed by atoms with Crippen LogP contribution in [-0.2, 0) is 17.7 Å². The number of nitrogens with zero attached hydrogens (tertiary/aromatic N) is 3. The summed E-state index contributed by atoms with van der Waals surface area (Å²) in [7, 11) is 0. The highest BCUT2D eigenvalue weighted by Gasteiger charge is 2.22. The molecule has 0 bridgehead atoms. The zero-order valence-corrected chi connectivity index (χ0v) is 19.7. The number of hydrogen-bond acceptors (Lipinski definition) is 5. The van der Waals surface area contributed by atoms with Gasteiger partial charge in [-0.2, -0.15) is 4.98 Å². The largest absolute Gasteiger partial charge is 0.376 e. The summed E-state index contributed by atoms with van der Waals surface area (Å²) >= 11 is 6.04. The van der Waals surface area contributed by atoms with E-state index in [1.54, 1.807) is 0 Å². The highest BCUT2D eigenvalue weighted by Crippen LogP contribution is 2.26. The standard InChI is InChI=1S/C25H27ClN4O3/c1-4-11-33-19(12-16-5-8-18(26)9-6-16)14-30-21-10-7-17(15(2)3)13-20(21)27-22-23(30)28-25(32)29-24(22)31/h5-10,13,15,19H,4,11-12,14H2,1-3H3,(H,29,31,32). The molecular weight excluding hydrogens is 440 g/mol. The van der Waals surface area contributed by atoms with Crippen molar-refractivity contribution in [2.24, 2.45) is 0 Å². The molecule has 0 saturated heterocycles. The number of fused-ring (bicyclic) bond motifs is 2. The fourth-order valence-electron chi connectivity index (χ4n) is 3.91. The Morgan fingerprint density at radius 3 is 2.55 bits per heavy atom. The third-order valence-corrected chi connectivity index (χ3v) is 5.87. The summed E-state index contributed by atoms with van der Waals surface area (Å²) < 4.78 is 8.07. The smallest absolute Gasteiger partial charge is 0.349 e. The van der Waals surface area contributed by atoms with Crippen LogP contribution in [0.2, 0.25) is 5.02 Å². The summed E-state index contributed by atoms with van der Waals surface area (Å²) in [5, 5.41) is 0.678. The number of H-pyrrole nitrogens is 1. The van der Waals surface area contributed by atoms with Gasteiger partial charge in [0.1, 0.15) is 0 Å². The minimum atomic E-state index is -0.690. The first kappa shape index (κ1) is 23.1. The molecule has 172 valence electrons. The van der Waals surface area contributed by atoms with Crippen LogP contribution in [0, 0.1) is 0 Å². The second-order valence-corrected chi connectivity index (χ2v) is 8.93. The van der Waals surface area contributed by atoms with Crippen molar-refractivity contribution in [2.45, 2.75) is 52.2 Å². The quantitative estimate of drug-likeness (QED) is 0.389. The van der Waals surface area contributed by atoms with Crippen LogP contribution in [0.3, 0.4) is 0 Å². The minimum absolute atomic E-state index is 0.142. The van der Waals surface area contributed by atoms with E-state index >= 15 is 0 Å². The fourth-order valence-corrected chi connectivity index (χ4v) is 4.03. The number of aromatic nitrogens is 4. The van der Waals surface area contributed by atoms with Gasteiger partial charge in [-0.3, -0.25) is 9.78 Å². The minimum Gasteiger partial charge on any atom is -0.376 e. The number of rotatable bonds is 8. The Balaban J connectivity index is 1.85. The average Bonchev–Trinajstić information content (AvgIpc) is 2.78. The molecule has 8 heteroatoms. The molecule has 1 unspecified atom stereocenters. The van der Waals surface area contributed by atoms with E-state index in [1.165, 1.54) is 0 Å². The third-order valence-electron chi connectivity index (χ3n) is 5.62. The van der Waals surface area contributed by atoms with Crippen LogP contribution in [0.15, 0.2) is 52.1 Å². The number of benzene rings is 2. The summed E-state index contributed by atoms with van der Waals surface area (Å²) in [6, 6.07) is 13.7. The topological polar surface area (TPSA) is 89.9 Å². The van der Waals surface area contributed by atoms with Crippen molar-refractivity contribution < 1.29 is 4.74 Å². The van der Waals surface area contributed by atoms with E-state index in [-0.39, 0.29) is 17.6 Å². The van der Waals surface area contributed by atoms with Gasteiger partial charge < -0.3 is 9.30 Å². The Bertz CT molecular complexity index is 1340. The van der Waals surface area contributed by atoms with Crippen LogP contribution >= 0.6 is 11.6 Å². The highest BCUT2D eigenvalue weighted by molar-refractivity contribution is 6.30. The van der Waals surface area contributed by atoms with E-state index in [4.69, 9.17) is 16.3 Å². The molecule has 2 aliphatic heterocycles. The van der Waals surface area contributed by atoms with Crippen molar-refractivity contribution in [3.63, 3.8) is 0 Å². The SMILES string of the molecule is CCCOC(Cc1ccc(Cl)cc1)Cn1c2nc(=O)[nH]c(=O)c-2nc2cc(C(C)C)ccc21. The molecule has 2 aromatic rings. The summed E-state index contributed by atoms with van der Waals surface area (Å²) in [6.07, 6.45) is 1.32. The maximum Gasteiger partial charge on any atom is 0.349 e. The van der Waals surface area contributed by atoms with Gasteiger partial charge in [0.2, 0.25) is 0 Å². The molecule has 4 rings (SSSR count). The molecule has 7 nitrogen and oxygen atoms in total. The Kier molecular flexibility index (Phi) is 6.91. The van der Waals surface area contributed by atoms with Crippen molar-refractivity contribution in [1.29, 1.82) is 0 Å². The fraction of sp³-hybridized carbons (Fsp3) is 0.360. The first-order valence-corrected chi connectivity index (χ1v) is 11.5. The van der Waals surface area contributed by atoms with Crippen LogP contribution in [0.4, 0.5) is 0 Å². The van der Waals surface area contributed by atoms with Gasteiger partial charge in [-0.1, -0.05) is 50.6 Å². The van der Waals surface area contributed by atoms with E-state index in [0.29, 0.717) is 36.0 Å². The number of hydrogen-bond donors (Lipinski definition) is 1. The molecule has 1 N–H and O–H groups in total. The normalized spacial score (nSPS) is 12.6. The molecule has 0 radical (unpaired) electrons. The van der Waals surface area contributed by atoms with E-state index in [2.05, 4.69) is 35.7 Å². The molecule has 0 aromatic heterocycles. The lowest BCUT2D eigenvalue weighted by molar-refractivity contribution is 0.0430. The molecule has 2 aromatic carbocycles. The first-order valence-electron chi connectivity index (χ1n) is 11.2. The lowest BCUT2D eigenvalue weighted by Crippen LogP contribution is -2.31. The summed E-state index contributed by atoms with van der Waals surface area (Å²) in [6.45, 7) is 7.28. The Labute approximate surface area is 196 Å². The summed E-state index contributed by atoms with van der Waals surface area (Å²) in [5.74, 6) is 0.570. The van der Waals surface area contributed by atoms with Crippen molar-refractivity contribution >= 4 is 22.6 Å². The number of nitrogens with one attached hydrogen (secondary N) is 1. The van der Waals surface area contributed by atoms with Gasteiger partial charge in [-0.05, 0) is 47.7 Å². The lowest BCUT2D eigenvalue weighted by Gasteiger charge is -2.23. The number of aromatic amines is 1. The van der Waals surface area contributed by atoms with E-state index in [1.807, 2.05) is 47.0 Å². The van der Waals surface area contributed by atoms with Crippen molar-refractivity contribution in [1.82, 2.24) is 19.5 Å². The van der Waals surface area contributed by atoms with Gasteiger partial charge in [0.25, 0.3) is 5.56 Å². The maximum absolute atomic E-state index is 12.6.